The van der Waals surface area contributed by atoms with Crippen LogP contribution in [-0.2, 0) is 13.1 Å². The fourth-order valence-electron chi connectivity index (χ4n) is 7.52. The van der Waals surface area contributed by atoms with E-state index in [1.165, 1.54) is 29.8 Å². The second-order valence-electron chi connectivity index (χ2n) is 15.5. The van der Waals surface area contributed by atoms with Crippen molar-refractivity contribution in [2.75, 3.05) is 26.2 Å². The van der Waals surface area contributed by atoms with Crippen molar-refractivity contribution in [2.24, 2.45) is 0 Å². The molecule has 0 radical (unpaired) electrons. The maximum Gasteiger partial charge on any atom is 0.337 e. The third kappa shape index (κ3) is 10.6. The van der Waals surface area contributed by atoms with Crippen molar-refractivity contribution >= 4 is 56.9 Å². The SMILES string of the molecule is C[C@@H]1CN(Cc2ccc(F)cc2)[C@@H](C)CN1.Cc1cc2cc(C(=O)N3C[C@H](C)N(Cc4ccc(F)cc4)C[C@H]3C)c(Cl)cc2[nH]1.O=C(O)c1cc2cc[nH]c2cc1Cl. The molecule has 4 heterocycles. The molecule has 2 aliphatic heterocycles. The Morgan fingerprint density at radius 3 is 1.90 bits per heavy atom. The van der Waals surface area contributed by atoms with E-state index >= 15 is 0 Å². The number of hydrogen-bond acceptors (Lipinski definition) is 5. The summed E-state index contributed by atoms with van der Waals surface area (Å²) in [5.41, 5.74) is 5.75. The molecule has 8 rings (SSSR count). The normalized spacial score (nSPS) is 20.0. The topological polar surface area (TPSA) is 108 Å². The summed E-state index contributed by atoms with van der Waals surface area (Å²) in [6, 6.07) is 25.4. The molecule has 4 N–H and O–H groups in total. The van der Waals surface area contributed by atoms with Gasteiger partial charge in [-0.25, -0.2) is 13.6 Å². The zero-order chi connectivity index (χ0) is 41.7. The van der Waals surface area contributed by atoms with E-state index in [1.54, 1.807) is 24.4 Å². The van der Waals surface area contributed by atoms with Gasteiger partial charge < -0.3 is 25.3 Å². The Morgan fingerprint density at radius 2 is 1.28 bits per heavy atom. The van der Waals surface area contributed by atoms with E-state index in [4.69, 9.17) is 28.3 Å². The molecule has 13 heteroatoms. The third-order valence-electron chi connectivity index (χ3n) is 10.8. The summed E-state index contributed by atoms with van der Waals surface area (Å²) in [6.45, 7) is 15.7. The third-order valence-corrected chi connectivity index (χ3v) is 11.4. The van der Waals surface area contributed by atoms with Crippen molar-refractivity contribution in [1.82, 2.24) is 30.0 Å². The van der Waals surface area contributed by atoms with Crippen LogP contribution in [0.3, 0.4) is 0 Å². The van der Waals surface area contributed by atoms with E-state index in [0.29, 0.717) is 29.2 Å². The van der Waals surface area contributed by atoms with Crippen LogP contribution in [-0.4, -0.2) is 92.0 Å². The summed E-state index contributed by atoms with van der Waals surface area (Å²) in [5, 5.41) is 14.8. The summed E-state index contributed by atoms with van der Waals surface area (Å²) < 4.78 is 25.9. The lowest BCUT2D eigenvalue weighted by molar-refractivity contribution is 0.0291. The van der Waals surface area contributed by atoms with Gasteiger partial charge >= 0.3 is 5.97 Å². The molecule has 2 saturated heterocycles. The van der Waals surface area contributed by atoms with E-state index in [-0.39, 0.29) is 40.2 Å². The van der Waals surface area contributed by atoms with E-state index in [0.717, 1.165) is 65.8 Å². The number of H-pyrrole nitrogens is 2. The molecule has 4 atom stereocenters. The number of nitrogens with zero attached hydrogens (tertiary/aromatic N) is 3. The number of carbonyl (C=O) groups is 2. The van der Waals surface area contributed by atoms with Crippen molar-refractivity contribution in [3.05, 3.63) is 141 Å². The van der Waals surface area contributed by atoms with Gasteiger partial charge in [-0.05, 0) is 106 Å². The van der Waals surface area contributed by atoms with E-state index < -0.39 is 5.97 Å². The first-order valence-corrected chi connectivity index (χ1v) is 20.2. The van der Waals surface area contributed by atoms with Crippen LogP contribution in [0.5, 0.6) is 0 Å². The molecule has 0 saturated carbocycles. The van der Waals surface area contributed by atoms with Crippen molar-refractivity contribution in [2.45, 2.75) is 71.9 Å². The Morgan fingerprint density at radius 1 is 0.707 bits per heavy atom. The van der Waals surface area contributed by atoms with Gasteiger partial charge in [0.15, 0.2) is 0 Å². The van der Waals surface area contributed by atoms with Crippen molar-refractivity contribution < 1.29 is 23.5 Å². The van der Waals surface area contributed by atoms with Gasteiger partial charge in [-0.3, -0.25) is 14.6 Å². The van der Waals surface area contributed by atoms with Crippen LogP contribution in [0.4, 0.5) is 8.78 Å². The Bertz CT molecular complexity index is 2350. The zero-order valence-electron chi connectivity index (χ0n) is 33.3. The number of rotatable bonds is 6. The predicted molar refractivity (Wildman–Crippen MR) is 229 cm³/mol. The Labute approximate surface area is 347 Å². The highest BCUT2D eigenvalue weighted by molar-refractivity contribution is 6.35. The van der Waals surface area contributed by atoms with Crippen LogP contribution in [0.15, 0.2) is 91.1 Å². The van der Waals surface area contributed by atoms with Crippen LogP contribution in [0.1, 0.15) is 65.2 Å². The number of piperazine rings is 2. The maximum absolute atomic E-state index is 13.3. The largest absolute Gasteiger partial charge is 0.478 e. The zero-order valence-corrected chi connectivity index (χ0v) is 34.8. The average Bonchev–Trinajstić information content (AvgIpc) is 3.80. The number of aromatic carboxylic acids is 1. The molecule has 0 spiro atoms. The Hall–Kier alpha value is -4.78. The van der Waals surface area contributed by atoms with Crippen LogP contribution < -0.4 is 5.32 Å². The monoisotopic (exact) mass is 830 g/mol. The number of carboxylic acids is 1. The summed E-state index contributed by atoms with van der Waals surface area (Å²) >= 11 is 12.2. The molecule has 2 aromatic heterocycles. The minimum atomic E-state index is -1.01. The van der Waals surface area contributed by atoms with E-state index in [9.17, 15) is 18.4 Å². The second kappa shape index (κ2) is 18.9. The van der Waals surface area contributed by atoms with Crippen molar-refractivity contribution in [3.63, 3.8) is 0 Å². The molecular formula is C45H50Cl2F2N6O3. The number of benzene rings is 4. The fourth-order valence-corrected chi connectivity index (χ4v) is 8.01. The smallest absolute Gasteiger partial charge is 0.337 e. The highest BCUT2D eigenvalue weighted by Gasteiger charge is 2.33. The lowest BCUT2D eigenvalue weighted by Crippen LogP contribution is -2.57. The molecular weight excluding hydrogens is 781 g/mol. The number of aryl methyl sites for hydroxylation is 1. The van der Waals surface area contributed by atoms with Crippen LogP contribution in [0.2, 0.25) is 10.0 Å². The first-order chi connectivity index (χ1) is 27.6. The van der Waals surface area contributed by atoms with Gasteiger partial charge in [0.1, 0.15) is 11.6 Å². The number of hydrogen-bond donors (Lipinski definition) is 4. The molecule has 306 valence electrons. The number of fused-ring (bicyclic) bond motifs is 2. The Balaban J connectivity index is 0.000000164. The Kier molecular flexibility index (Phi) is 13.9. The molecule has 0 bridgehead atoms. The van der Waals surface area contributed by atoms with Gasteiger partial charge in [-0.1, -0.05) is 47.5 Å². The number of aromatic amines is 2. The van der Waals surface area contributed by atoms with Crippen molar-refractivity contribution in [1.29, 1.82) is 0 Å². The average molecular weight is 832 g/mol. The molecule has 0 aliphatic carbocycles. The molecule has 9 nitrogen and oxygen atoms in total. The highest BCUT2D eigenvalue weighted by Crippen LogP contribution is 2.28. The lowest BCUT2D eigenvalue weighted by atomic mass is 10.0. The molecule has 2 aliphatic rings. The minimum Gasteiger partial charge on any atom is -0.478 e. The molecule has 0 unspecified atom stereocenters. The van der Waals surface area contributed by atoms with Gasteiger partial charge in [-0.2, -0.15) is 0 Å². The first-order valence-electron chi connectivity index (χ1n) is 19.4. The van der Waals surface area contributed by atoms with Gasteiger partial charge in [-0.15, -0.1) is 0 Å². The molecule has 1 amide bonds. The highest BCUT2D eigenvalue weighted by atomic mass is 35.5. The van der Waals surface area contributed by atoms with Gasteiger partial charge in [0.05, 0.1) is 21.2 Å². The summed E-state index contributed by atoms with van der Waals surface area (Å²) in [7, 11) is 0. The van der Waals surface area contributed by atoms with E-state index in [2.05, 4.69) is 52.8 Å². The van der Waals surface area contributed by atoms with Gasteiger partial charge in [0, 0.05) is 97.1 Å². The maximum atomic E-state index is 13.3. The quantitative estimate of drug-likeness (QED) is 0.133. The first kappa shape index (κ1) is 42.8. The van der Waals surface area contributed by atoms with Crippen LogP contribution in [0, 0.1) is 18.6 Å². The number of carbonyl (C=O) groups excluding carboxylic acids is 1. The summed E-state index contributed by atoms with van der Waals surface area (Å²) in [5.74, 6) is -1.42. The number of aromatic nitrogens is 2. The standard InChI is InChI=1S/C23H25ClFN3O.C13H19FN2.C9H6ClNO2/c1-14-8-18-9-20(21(24)10-22(18)26-14)23(29)28-12-15(2)27(11-16(28)3)13-17-4-6-19(25)7-5-17;1-10-8-16(11(2)7-15-10)9-12-3-5-13(14)6-4-12;10-7-4-8-5(1-2-11-8)3-6(7)9(12)13/h4-10,15-16,26H,11-13H2,1-3H3;3-6,10-11,15H,7-9H2,1-2H3;1-4,11H,(H,12,13)/t15-,16+;10-,11+;/m01./s1. The van der Waals surface area contributed by atoms with Crippen LogP contribution in [0.25, 0.3) is 21.8 Å². The number of halogens is 4. The second-order valence-corrected chi connectivity index (χ2v) is 16.3. The molecule has 2 fully saturated rings. The van der Waals surface area contributed by atoms with E-state index in [1.807, 2.05) is 54.3 Å². The molecule has 58 heavy (non-hydrogen) atoms. The fraction of sp³-hybridized carbons (Fsp3) is 0.333. The number of carboxylic acid groups (broad SMARTS) is 1. The lowest BCUT2D eigenvalue weighted by Gasteiger charge is -2.44. The number of nitrogens with one attached hydrogen (secondary N) is 3. The predicted octanol–water partition coefficient (Wildman–Crippen LogP) is 9.53. The van der Waals surface area contributed by atoms with Crippen LogP contribution >= 0.6 is 23.2 Å². The molecule has 6 aromatic rings. The van der Waals surface area contributed by atoms with Crippen molar-refractivity contribution in [3.8, 4) is 0 Å². The summed E-state index contributed by atoms with van der Waals surface area (Å²) in [6.07, 6.45) is 1.74. The minimum absolute atomic E-state index is 0.0310. The van der Waals surface area contributed by atoms with Gasteiger partial charge in [0.2, 0.25) is 0 Å². The number of amides is 1. The van der Waals surface area contributed by atoms with Gasteiger partial charge in [0.25, 0.3) is 5.91 Å². The molecule has 4 aromatic carbocycles. The summed E-state index contributed by atoms with van der Waals surface area (Å²) in [4.78, 5) is 36.9.